The van der Waals surface area contributed by atoms with E-state index in [0.717, 1.165) is 45.8 Å². The molecular weight excluding hydrogens is 370 g/mol. The molecule has 0 aromatic heterocycles. The molecule has 0 amide bonds. The molecule has 0 N–H and O–H groups in total. The molecule has 0 aliphatic carbocycles. The molecule has 1 aliphatic rings. The molecule has 3 aromatic rings. The highest BCUT2D eigenvalue weighted by Crippen LogP contribution is 2.51. The maximum absolute atomic E-state index is 12.8. The van der Waals surface area contributed by atoms with Crippen molar-refractivity contribution in [1.29, 1.82) is 0 Å². The molecule has 0 atom stereocenters. The zero-order valence-electron chi connectivity index (χ0n) is 17.6. The van der Waals surface area contributed by atoms with E-state index < -0.39 is 0 Å². The molecular formula is C23H25NO5. The van der Waals surface area contributed by atoms with Crippen LogP contribution in [0.3, 0.4) is 0 Å². The van der Waals surface area contributed by atoms with E-state index in [1.807, 2.05) is 25.2 Å². The van der Waals surface area contributed by atoms with Crippen molar-refractivity contribution < 1.29 is 23.7 Å². The van der Waals surface area contributed by atoms with E-state index in [9.17, 15) is 4.79 Å². The fraction of sp³-hybridized carbons (Fsp3) is 0.348. The van der Waals surface area contributed by atoms with Crippen LogP contribution in [-0.2, 0) is 6.42 Å². The Balaban J connectivity index is 2.36. The van der Waals surface area contributed by atoms with Crippen LogP contribution < -0.4 is 23.8 Å². The third kappa shape index (κ3) is 2.66. The molecule has 0 radical (unpaired) electrons. The van der Waals surface area contributed by atoms with E-state index in [-0.39, 0.29) is 5.78 Å². The minimum Gasteiger partial charge on any atom is -0.493 e. The number of carbonyl (C=O) groups excluding carboxylic acids is 1. The first kappa shape index (κ1) is 19.2. The van der Waals surface area contributed by atoms with E-state index in [4.69, 9.17) is 18.9 Å². The molecule has 6 nitrogen and oxygen atoms in total. The summed E-state index contributed by atoms with van der Waals surface area (Å²) < 4.78 is 22.5. The van der Waals surface area contributed by atoms with Gasteiger partial charge in [0.25, 0.3) is 0 Å². The van der Waals surface area contributed by atoms with Gasteiger partial charge in [0.1, 0.15) is 0 Å². The number of methoxy groups -OCH3 is 4. The second kappa shape index (κ2) is 7.03. The van der Waals surface area contributed by atoms with Crippen molar-refractivity contribution in [2.45, 2.75) is 13.3 Å². The summed E-state index contributed by atoms with van der Waals surface area (Å²) in [6, 6.07) is 5.82. The van der Waals surface area contributed by atoms with Gasteiger partial charge in [-0.25, -0.2) is 0 Å². The number of ketones is 1. The van der Waals surface area contributed by atoms with Gasteiger partial charge in [-0.3, -0.25) is 4.79 Å². The summed E-state index contributed by atoms with van der Waals surface area (Å²) in [7, 11) is 8.50. The molecule has 152 valence electrons. The number of anilines is 1. The Kier molecular flexibility index (Phi) is 4.65. The van der Waals surface area contributed by atoms with Gasteiger partial charge in [-0.05, 0) is 47.9 Å². The minimum atomic E-state index is 0.00797. The number of carbonyl (C=O) groups is 1. The molecule has 0 spiro atoms. The van der Waals surface area contributed by atoms with E-state index in [1.165, 1.54) is 0 Å². The molecule has 4 rings (SSSR count). The second-order valence-electron chi connectivity index (χ2n) is 7.23. The molecule has 1 aliphatic heterocycles. The van der Waals surface area contributed by atoms with Crippen molar-refractivity contribution in [3.05, 3.63) is 29.3 Å². The lowest BCUT2D eigenvalue weighted by Crippen LogP contribution is -2.27. The first-order valence-electron chi connectivity index (χ1n) is 9.48. The Morgan fingerprint density at radius 2 is 1.48 bits per heavy atom. The number of ether oxygens (including phenoxy) is 4. The monoisotopic (exact) mass is 395 g/mol. The van der Waals surface area contributed by atoms with Crippen LogP contribution in [0.15, 0.2) is 18.2 Å². The van der Waals surface area contributed by atoms with Gasteiger partial charge >= 0.3 is 0 Å². The average Bonchev–Trinajstić information content (AvgIpc) is 2.73. The number of likely N-dealkylation sites (N-methyl/N-ethyl adjacent to an activating group) is 1. The van der Waals surface area contributed by atoms with Crippen molar-refractivity contribution in [3.63, 3.8) is 0 Å². The summed E-state index contributed by atoms with van der Waals surface area (Å²) in [4.78, 5) is 15.0. The molecule has 1 heterocycles. The molecule has 29 heavy (non-hydrogen) atoms. The number of hydrogen-bond donors (Lipinski definition) is 0. The largest absolute Gasteiger partial charge is 0.493 e. The third-order valence-electron chi connectivity index (χ3n) is 5.74. The Labute approximate surface area is 169 Å². The molecule has 3 aromatic carbocycles. The summed E-state index contributed by atoms with van der Waals surface area (Å²) in [5, 5.41) is 3.63. The Morgan fingerprint density at radius 1 is 0.862 bits per heavy atom. The maximum Gasteiger partial charge on any atom is 0.169 e. The first-order valence-corrected chi connectivity index (χ1v) is 9.48. The lowest BCUT2D eigenvalue weighted by molar-refractivity contribution is 0.101. The molecule has 6 heteroatoms. The first-order chi connectivity index (χ1) is 14.0. The quantitative estimate of drug-likeness (QED) is 0.476. The summed E-state index contributed by atoms with van der Waals surface area (Å²) in [5.41, 5.74) is 2.75. The highest BCUT2D eigenvalue weighted by Gasteiger charge is 2.29. The van der Waals surface area contributed by atoms with E-state index in [0.29, 0.717) is 28.6 Å². The zero-order chi connectivity index (χ0) is 20.9. The summed E-state index contributed by atoms with van der Waals surface area (Å²) >= 11 is 0. The fourth-order valence-corrected chi connectivity index (χ4v) is 4.46. The summed E-state index contributed by atoms with van der Waals surface area (Å²) in [6.45, 7) is 2.42. The number of Topliss-reactive ketones (excluding diaryl/α,β-unsaturated/α-hetero) is 1. The normalized spacial score (nSPS) is 13.0. The summed E-state index contributed by atoms with van der Waals surface area (Å²) in [5.74, 6) is 2.51. The van der Waals surface area contributed by atoms with Gasteiger partial charge in [-0.2, -0.15) is 0 Å². The standard InChI is InChI=1S/C23H25NO5/c1-12(25)19-14-10-16(26-3)17(27-4)11-15(14)21-20-13(7-8-24(2)22(19)20)9-18(28-5)23(21)29-6/h9-11H,7-8H2,1-6H3. The van der Waals surface area contributed by atoms with Crippen LogP contribution >= 0.6 is 0 Å². The van der Waals surface area contributed by atoms with Gasteiger partial charge in [0.2, 0.25) is 0 Å². The van der Waals surface area contributed by atoms with Gasteiger partial charge in [0.05, 0.1) is 34.1 Å². The Bertz CT molecular complexity index is 1150. The Hall–Kier alpha value is -3.15. The average molecular weight is 395 g/mol. The van der Waals surface area contributed by atoms with Crippen LogP contribution in [0.25, 0.3) is 21.5 Å². The number of benzene rings is 3. The van der Waals surface area contributed by atoms with Gasteiger partial charge < -0.3 is 23.8 Å². The second-order valence-corrected chi connectivity index (χ2v) is 7.23. The Morgan fingerprint density at radius 3 is 2.03 bits per heavy atom. The molecule has 0 saturated carbocycles. The van der Waals surface area contributed by atoms with Gasteiger partial charge in [0, 0.05) is 29.9 Å². The van der Waals surface area contributed by atoms with Crippen molar-refractivity contribution in [3.8, 4) is 23.0 Å². The van der Waals surface area contributed by atoms with Crippen molar-refractivity contribution >= 4 is 33.0 Å². The highest BCUT2D eigenvalue weighted by atomic mass is 16.5. The van der Waals surface area contributed by atoms with Crippen LogP contribution in [0.5, 0.6) is 23.0 Å². The lowest BCUT2D eigenvalue weighted by atomic mass is 9.86. The van der Waals surface area contributed by atoms with Crippen molar-refractivity contribution in [2.75, 3.05) is 46.9 Å². The van der Waals surface area contributed by atoms with Crippen molar-refractivity contribution in [1.82, 2.24) is 0 Å². The van der Waals surface area contributed by atoms with E-state index in [2.05, 4.69) is 4.90 Å². The number of hydrogen-bond acceptors (Lipinski definition) is 6. The van der Waals surface area contributed by atoms with Gasteiger partial charge in [-0.15, -0.1) is 0 Å². The smallest absolute Gasteiger partial charge is 0.169 e. The number of rotatable bonds is 5. The van der Waals surface area contributed by atoms with E-state index in [1.54, 1.807) is 35.4 Å². The van der Waals surface area contributed by atoms with Crippen LogP contribution in [0, 0.1) is 0 Å². The fourth-order valence-electron chi connectivity index (χ4n) is 4.46. The minimum absolute atomic E-state index is 0.00797. The molecule has 0 fully saturated rings. The lowest BCUT2D eigenvalue weighted by Gasteiger charge is -2.32. The SMILES string of the molecule is COc1cc2c(C(C)=O)c3c4c(cc(OC)c(OC)c4c2cc1OC)CCN3C. The van der Waals surface area contributed by atoms with Crippen LogP contribution in [-0.4, -0.2) is 47.8 Å². The number of fused-ring (bicyclic) bond motifs is 2. The number of nitrogens with zero attached hydrogens (tertiary/aromatic N) is 1. The van der Waals surface area contributed by atoms with Crippen LogP contribution in [0.4, 0.5) is 5.69 Å². The zero-order valence-corrected chi connectivity index (χ0v) is 17.6. The third-order valence-corrected chi connectivity index (χ3v) is 5.74. The van der Waals surface area contributed by atoms with E-state index >= 15 is 0 Å². The molecule has 0 saturated heterocycles. The van der Waals surface area contributed by atoms with Gasteiger partial charge in [-0.1, -0.05) is 0 Å². The predicted molar refractivity (Wildman–Crippen MR) is 115 cm³/mol. The highest BCUT2D eigenvalue weighted by molar-refractivity contribution is 6.27. The molecule has 0 unspecified atom stereocenters. The maximum atomic E-state index is 12.8. The van der Waals surface area contributed by atoms with Crippen LogP contribution in [0.1, 0.15) is 22.8 Å². The predicted octanol–water partition coefficient (Wildman–Crippen LogP) is 4.22. The summed E-state index contributed by atoms with van der Waals surface area (Å²) in [6.07, 6.45) is 0.858. The van der Waals surface area contributed by atoms with Crippen molar-refractivity contribution in [2.24, 2.45) is 0 Å². The van der Waals surface area contributed by atoms with Gasteiger partial charge in [0.15, 0.2) is 28.8 Å². The topological polar surface area (TPSA) is 57.2 Å². The molecule has 0 bridgehead atoms. The van der Waals surface area contributed by atoms with Crippen LogP contribution in [0.2, 0.25) is 0 Å².